The Balaban J connectivity index is 1.39. The van der Waals surface area contributed by atoms with E-state index in [4.69, 9.17) is 13.7 Å². The summed E-state index contributed by atoms with van der Waals surface area (Å²) in [5.41, 5.74) is 3.74. The van der Waals surface area contributed by atoms with E-state index in [-0.39, 0.29) is 34.2 Å². The van der Waals surface area contributed by atoms with Crippen molar-refractivity contribution in [2.24, 2.45) is 0 Å². The van der Waals surface area contributed by atoms with Crippen molar-refractivity contribution in [3.05, 3.63) is 157 Å². The van der Waals surface area contributed by atoms with Crippen molar-refractivity contribution in [2.45, 2.75) is 13.2 Å². The van der Waals surface area contributed by atoms with Crippen LogP contribution in [0.5, 0.6) is 0 Å². The Kier molecular flexibility index (Phi) is 3.70. The quantitative estimate of drug-likeness (QED) is 0.188. The summed E-state index contributed by atoms with van der Waals surface area (Å²) in [5, 5.41) is 4.05. The van der Waals surface area contributed by atoms with Gasteiger partial charge < -0.3 is 0 Å². The Morgan fingerprint density at radius 1 is 0.622 bits per heavy atom. The molecule has 0 N–H and O–H groups in total. The lowest BCUT2D eigenvalue weighted by molar-refractivity contribution is 0.913. The maximum absolute atomic E-state index is 9.42. The summed E-state index contributed by atoms with van der Waals surface area (Å²) in [5.74, 6) is -0.242. The molecule has 1 aromatic heterocycles. The van der Waals surface area contributed by atoms with Gasteiger partial charge in [-0.1, -0.05) is 134 Å². The van der Waals surface area contributed by atoms with Gasteiger partial charge in [-0.05, 0) is 84.2 Å². The fourth-order valence-electron chi connectivity index (χ4n) is 6.64. The van der Waals surface area contributed by atoms with Gasteiger partial charge in [0.15, 0.2) is 0 Å². The smallest absolute Gasteiger partial charge is 0.114 e. The number of fused-ring (bicyclic) bond motifs is 5. The summed E-state index contributed by atoms with van der Waals surface area (Å²) < 4.78 is 105. The number of nitrogens with zero attached hydrogens (tertiary/aromatic N) is 2. The van der Waals surface area contributed by atoms with Crippen LogP contribution in [0.25, 0.3) is 82.1 Å². The van der Waals surface area contributed by atoms with E-state index >= 15 is 0 Å². The third-order valence-electron chi connectivity index (χ3n) is 8.52. The molecule has 0 fully saturated rings. The largest absolute Gasteiger partial charge is 0.296 e. The van der Waals surface area contributed by atoms with E-state index in [0.29, 0.717) is 38.4 Å². The zero-order chi connectivity index (χ0) is 40.3. The first-order valence-corrected chi connectivity index (χ1v) is 14.6. The van der Waals surface area contributed by atoms with Crippen LogP contribution in [0.1, 0.15) is 29.1 Å². The normalized spacial score (nSPS) is 16.2. The van der Waals surface area contributed by atoms with E-state index in [1.807, 2.05) is 84.9 Å². The van der Waals surface area contributed by atoms with Crippen LogP contribution in [0.15, 0.2) is 151 Å². The number of rotatable bonds is 4. The van der Waals surface area contributed by atoms with Gasteiger partial charge in [-0.3, -0.25) is 4.57 Å². The first-order valence-electron chi connectivity index (χ1n) is 20.6. The molecular formula is C43H30N2. The third kappa shape index (κ3) is 3.92. The Labute approximate surface area is 278 Å². The highest BCUT2D eigenvalue weighted by Gasteiger charge is 2.20. The third-order valence-corrected chi connectivity index (χ3v) is 8.52. The molecule has 0 radical (unpaired) electrons. The first-order chi connectivity index (χ1) is 27.1. The van der Waals surface area contributed by atoms with E-state index in [0.717, 1.165) is 27.3 Å². The molecule has 0 aliphatic rings. The minimum atomic E-state index is -3.01. The molecule has 8 aromatic carbocycles. The molecule has 0 aliphatic carbocycles. The van der Waals surface area contributed by atoms with Gasteiger partial charge in [0.2, 0.25) is 0 Å². The average Bonchev–Trinajstić information content (AvgIpc) is 3.60. The van der Waals surface area contributed by atoms with Gasteiger partial charge in [-0.2, -0.15) is 0 Å². The predicted octanol–water partition coefficient (Wildman–Crippen LogP) is 11.5. The second kappa shape index (κ2) is 10.2. The lowest BCUT2D eigenvalue weighted by Crippen LogP contribution is -2.01. The van der Waals surface area contributed by atoms with Crippen molar-refractivity contribution >= 4 is 54.1 Å². The molecule has 212 valence electrons. The molecule has 0 amide bonds. The van der Waals surface area contributed by atoms with Crippen molar-refractivity contribution in [1.82, 2.24) is 9.55 Å². The van der Waals surface area contributed by atoms with E-state index < -0.39 is 43.4 Å². The highest BCUT2D eigenvalue weighted by molar-refractivity contribution is 6.24. The molecule has 0 aliphatic heterocycles. The molecule has 2 heteroatoms. The van der Waals surface area contributed by atoms with E-state index in [1.165, 1.54) is 0 Å². The van der Waals surface area contributed by atoms with Crippen LogP contribution in [-0.4, -0.2) is 9.55 Å². The van der Waals surface area contributed by atoms with Gasteiger partial charge in [0.25, 0.3) is 0 Å². The fraction of sp³-hybridized carbons (Fsp3) is 0.0465. The van der Waals surface area contributed by atoms with Gasteiger partial charge in [0.05, 0.1) is 26.3 Å². The second-order valence-electron chi connectivity index (χ2n) is 10.9. The lowest BCUT2D eigenvalue weighted by atomic mass is 9.84. The maximum Gasteiger partial charge on any atom is 0.114 e. The Morgan fingerprint density at radius 2 is 1.24 bits per heavy atom. The zero-order valence-corrected chi connectivity index (χ0v) is 23.8. The number of hydrogen-bond acceptors (Lipinski definition) is 1. The number of aromatic nitrogens is 2. The highest BCUT2D eigenvalue weighted by Crippen LogP contribution is 2.46. The van der Waals surface area contributed by atoms with Crippen LogP contribution in [-0.2, 0) is 6.37 Å². The molecule has 9 rings (SSSR count). The average molecular weight is 587 g/mol. The van der Waals surface area contributed by atoms with Gasteiger partial charge in [0, 0.05) is 18.6 Å². The van der Waals surface area contributed by atoms with Crippen LogP contribution in [0.3, 0.4) is 0 Å². The summed E-state index contributed by atoms with van der Waals surface area (Å²) in [4.78, 5) is 4.54. The molecular weight excluding hydrogens is 544 g/mol. The van der Waals surface area contributed by atoms with Gasteiger partial charge in [-0.25, -0.2) is 4.98 Å². The maximum atomic E-state index is 9.42. The zero-order valence-electron chi connectivity index (χ0n) is 35.8. The van der Waals surface area contributed by atoms with Gasteiger partial charge in [0.1, 0.15) is 5.82 Å². The molecule has 0 spiro atoms. The monoisotopic (exact) mass is 586 g/mol. The number of imidazole rings is 1. The standard InChI is InChI=1S/C43H30N2/c1-2-41-44-38-21-11-12-22-40(38)45(41)39-26-25-37(31-15-5-6-16-32(31)39)43-35-19-9-7-17-33(35)42(34-18-8-10-20-36(34)43)30-24-23-28-13-3-4-14-29(28)27-30/h3-27H,2H2,1H3/i1D3,2D2,3D,4D,13D,14D,23D,24D,27D. The number of aryl methyl sites for hydroxylation is 1. The Morgan fingerprint density at radius 3 is 1.98 bits per heavy atom. The minimum Gasteiger partial charge on any atom is -0.296 e. The van der Waals surface area contributed by atoms with Crippen molar-refractivity contribution in [1.29, 1.82) is 0 Å². The molecule has 0 saturated heterocycles. The minimum absolute atomic E-state index is 0.0831. The summed E-state index contributed by atoms with van der Waals surface area (Å²) in [7, 11) is 0. The SMILES string of the molecule is [2H]c1c([2H])c([2H])c2c([2H])c(-c3c4ccccc4c(-c4ccc(-n5c(C([2H])([2H])C([2H])([2H])[2H])nc6ccccc65)c5ccccc45)c4ccccc34)c([2H])c([2H])c2c1[2H]. The molecule has 0 saturated carbocycles. The van der Waals surface area contributed by atoms with E-state index in [9.17, 15) is 2.74 Å². The Hall–Kier alpha value is -5.73. The van der Waals surface area contributed by atoms with Gasteiger partial charge >= 0.3 is 0 Å². The molecule has 2 nitrogen and oxygen atoms in total. The van der Waals surface area contributed by atoms with Crippen LogP contribution in [0.4, 0.5) is 0 Å². The van der Waals surface area contributed by atoms with Crippen LogP contribution < -0.4 is 0 Å². The molecule has 0 unspecified atom stereocenters. The van der Waals surface area contributed by atoms with Crippen LogP contribution >= 0.6 is 0 Å². The van der Waals surface area contributed by atoms with Crippen molar-refractivity contribution in [2.75, 3.05) is 0 Å². The number of para-hydroxylation sites is 2. The van der Waals surface area contributed by atoms with Crippen LogP contribution in [0.2, 0.25) is 0 Å². The van der Waals surface area contributed by atoms with Crippen molar-refractivity contribution in [3.8, 4) is 27.9 Å². The van der Waals surface area contributed by atoms with Gasteiger partial charge in [-0.15, -0.1) is 0 Å². The van der Waals surface area contributed by atoms with E-state index in [2.05, 4.69) is 4.98 Å². The molecule has 1 heterocycles. The molecule has 0 bridgehead atoms. The molecule has 9 aromatic rings. The number of benzene rings is 8. The number of hydrogen-bond donors (Lipinski definition) is 0. The molecule has 45 heavy (non-hydrogen) atoms. The highest BCUT2D eigenvalue weighted by atomic mass is 15.1. The Bertz CT molecular complexity index is 3130. The first kappa shape index (κ1) is 16.4. The van der Waals surface area contributed by atoms with Crippen molar-refractivity contribution < 1.29 is 16.4 Å². The summed E-state index contributed by atoms with van der Waals surface area (Å²) in [6.45, 7) is -3.01. The van der Waals surface area contributed by atoms with E-state index in [1.54, 1.807) is 28.8 Å². The van der Waals surface area contributed by atoms with Crippen LogP contribution in [0, 0.1) is 0 Å². The molecule has 0 atom stereocenters. The summed E-state index contributed by atoms with van der Waals surface area (Å²) in [6.07, 6.45) is -2.79. The van der Waals surface area contributed by atoms with Crippen molar-refractivity contribution in [3.63, 3.8) is 0 Å². The summed E-state index contributed by atoms with van der Waals surface area (Å²) >= 11 is 0. The summed E-state index contributed by atoms with van der Waals surface area (Å²) in [6, 6.07) is 30.6. The topological polar surface area (TPSA) is 17.8 Å². The second-order valence-corrected chi connectivity index (χ2v) is 10.9. The predicted molar refractivity (Wildman–Crippen MR) is 191 cm³/mol. The fourth-order valence-corrected chi connectivity index (χ4v) is 6.64. The lowest BCUT2D eigenvalue weighted by Gasteiger charge is -2.20.